The minimum atomic E-state index is -0.521. The fourth-order valence-corrected chi connectivity index (χ4v) is 1.21. The number of methoxy groups -OCH3 is 1. The van der Waals surface area contributed by atoms with Crippen molar-refractivity contribution in [1.29, 1.82) is 0 Å². The van der Waals surface area contributed by atoms with Crippen LogP contribution in [0.4, 0.5) is 0 Å². The highest BCUT2D eigenvalue weighted by atomic mass is 16.6. The lowest BCUT2D eigenvalue weighted by Gasteiger charge is -2.24. The van der Waals surface area contributed by atoms with Crippen molar-refractivity contribution < 1.29 is 9.57 Å². The number of benzene rings is 1. The summed E-state index contributed by atoms with van der Waals surface area (Å²) in [6, 6.07) is 7.66. The summed E-state index contributed by atoms with van der Waals surface area (Å²) in [6.07, 6.45) is 0. The first-order valence-corrected chi connectivity index (χ1v) is 4.13. The van der Waals surface area contributed by atoms with Crippen molar-refractivity contribution in [3.05, 3.63) is 29.8 Å². The monoisotopic (exact) mass is 181 g/mol. The van der Waals surface area contributed by atoms with Crippen molar-refractivity contribution in [1.82, 2.24) is 0 Å². The summed E-state index contributed by atoms with van der Waals surface area (Å²) in [5.41, 5.74) is 0.423. The molecule has 72 valence electrons. The van der Waals surface area contributed by atoms with E-state index in [9.17, 15) is 0 Å². The van der Waals surface area contributed by atoms with Gasteiger partial charge in [0.15, 0.2) is 0 Å². The molecule has 0 saturated heterocycles. The second-order valence-electron chi connectivity index (χ2n) is 3.33. The van der Waals surface area contributed by atoms with Gasteiger partial charge in [-0.1, -0.05) is 18.2 Å². The van der Waals surface area contributed by atoms with Gasteiger partial charge >= 0.3 is 0 Å². The molecule has 0 atom stereocenters. The van der Waals surface area contributed by atoms with Crippen molar-refractivity contribution >= 4 is 0 Å². The van der Waals surface area contributed by atoms with Crippen molar-refractivity contribution in [2.75, 3.05) is 7.11 Å². The average molecular weight is 181 g/mol. The SMILES string of the molecule is COc1ccccc1C(C)(C)ON. The lowest BCUT2D eigenvalue weighted by Crippen LogP contribution is -2.25. The van der Waals surface area contributed by atoms with Gasteiger partial charge in [0, 0.05) is 5.56 Å². The Morgan fingerprint density at radius 3 is 2.38 bits per heavy atom. The third-order valence-corrected chi connectivity index (χ3v) is 2.05. The zero-order valence-electron chi connectivity index (χ0n) is 8.20. The number of rotatable bonds is 3. The quantitative estimate of drug-likeness (QED) is 0.723. The molecule has 0 radical (unpaired) electrons. The van der Waals surface area contributed by atoms with Crippen LogP contribution in [0.25, 0.3) is 0 Å². The highest BCUT2D eigenvalue weighted by Gasteiger charge is 2.23. The predicted molar refractivity (Wildman–Crippen MR) is 51.3 cm³/mol. The summed E-state index contributed by atoms with van der Waals surface area (Å²) in [6.45, 7) is 3.79. The van der Waals surface area contributed by atoms with Gasteiger partial charge in [0.25, 0.3) is 0 Å². The van der Waals surface area contributed by atoms with E-state index in [1.807, 2.05) is 38.1 Å². The van der Waals surface area contributed by atoms with Crippen LogP contribution in [0.1, 0.15) is 19.4 Å². The minimum Gasteiger partial charge on any atom is -0.496 e. The zero-order chi connectivity index (χ0) is 9.90. The van der Waals surface area contributed by atoms with E-state index in [0.29, 0.717) is 0 Å². The Morgan fingerprint density at radius 1 is 1.23 bits per heavy atom. The Morgan fingerprint density at radius 2 is 1.85 bits per heavy atom. The van der Waals surface area contributed by atoms with Gasteiger partial charge in [0.2, 0.25) is 0 Å². The van der Waals surface area contributed by atoms with Crippen LogP contribution in [-0.2, 0) is 10.4 Å². The van der Waals surface area contributed by atoms with Crippen LogP contribution >= 0.6 is 0 Å². The molecular weight excluding hydrogens is 166 g/mol. The number of para-hydroxylation sites is 1. The fourth-order valence-electron chi connectivity index (χ4n) is 1.21. The Hall–Kier alpha value is -1.06. The molecule has 1 aromatic rings. The van der Waals surface area contributed by atoms with Gasteiger partial charge in [-0.05, 0) is 19.9 Å². The second kappa shape index (κ2) is 3.77. The van der Waals surface area contributed by atoms with Gasteiger partial charge in [0.1, 0.15) is 11.4 Å². The molecule has 0 aliphatic heterocycles. The van der Waals surface area contributed by atoms with E-state index in [-0.39, 0.29) is 0 Å². The first-order valence-electron chi connectivity index (χ1n) is 4.13. The Kier molecular flexibility index (Phi) is 2.90. The maximum absolute atomic E-state index is 5.21. The van der Waals surface area contributed by atoms with Crippen LogP contribution in [0.15, 0.2) is 24.3 Å². The van der Waals surface area contributed by atoms with Crippen LogP contribution in [-0.4, -0.2) is 7.11 Å². The molecule has 0 aliphatic rings. The molecule has 0 fully saturated rings. The third kappa shape index (κ3) is 1.99. The van der Waals surface area contributed by atoms with E-state index in [1.165, 1.54) is 0 Å². The summed E-state index contributed by atoms with van der Waals surface area (Å²) in [4.78, 5) is 4.89. The van der Waals surface area contributed by atoms with Gasteiger partial charge in [-0.2, -0.15) is 0 Å². The summed E-state index contributed by atoms with van der Waals surface area (Å²) in [5, 5.41) is 0. The van der Waals surface area contributed by atoms with E-state index < -0.39 is 5.60 Å². The van der Waals surface area contributed by atoms with Crippen LogP contribution in [0.2, 0.25) is 0 Å². The molecule has 0 amide bonds. The summed E-state index contributed by atoms with van der Waals surface area (Å²) in [7, 11) is 1.63. The molecule has 3 nitrogen and oxygen atoms in total. The van der Waals surface area contributed by atoms with Crippen molar-refractivity contribution in [3.8, 4) is 5.75 Å². The second-order valence-corrected chi connectivity index (χ2v) is 3.33. The topological polar surface area (TPSA) is 44.5 Å². The fraction of sp³-hybridized carbons (Fsp3) is 0.400. The van der Waals surface area contributed by atoms with Gasteiger partial charge in [-0.3, -0.25) is 4.84 Å². The molecule has 0 unspecified atom stereocenters. The number of hydrogen-bond donors (Lipinski definition) is 1. The van der Waals surface area contributed by atoms with Crippen molar-refractivity contribution in [2.24, 2.45) is 5.90 Å². The first-order chi connectivity index (χ1) is 6.11. The molecular formula is C10H15NO2. The van der Waals surface area contributed by atoms with Gasteiger partial charge in [0.05, 0.1) is 7.11 Å². The zero-order valence-corrected chi connectivity index (χ0v) is 8.20. The standard InChI is InChI=1S/C10H15NO2/c1-10(2,13-11)8-6-4-5-7-9(8)12-3/h4-7H,11H2,1-3H3. The molecule has 13 heavy (non-hydrogen) atoms. The smallest absolute Gasteiger partial charge is 0.125 e. The minimum absolute atomic E-state index is 0.521. The molecule has 0 heterocycles. The maximum atomic E-state index is 5.21. The lowest BCUT2D eigenvalue weighted by atomic mass is 9.97. The molecule has 0 spiro atoms. The molecule has 0 aromatic heterocycles. The molecule has 1 aromatic carbocycles. The maximum Gasteiger partial charge on any atom is 0.125 e. The van der Waals surface area contributed by atoms with Gasteiger partial charge < -0.3 is 4.74 Å². The van der Waals surface area contributed by atoms with Crippen LogP contribution < -0.4 is 10.6 Å². The highest BCUT2D eigenvalue weighted by molar-refractivity contribution is 5.37. The average Bonchev–Trinajstić information content (AvgIpc) is 2.18. The van der Waals surface area contributed by atoms with Crippen LogP contribution in [0.5, 0.6) is 5.75 Å². The van der Waals surface area contributed by atoms with Gasteiger partial charge in [-0.15, -0.1) is 0 Å². The highest BCUT2D eigenvalue weighted by Crippen LogP contribution is 2.30. The van der Waals surface area contributed by atoms with Gasteiger partial charge in [-0.25, -0.2) is 5.90 Å². The largest absolute Gasteiger partial charge is 0.496 e. The van der Waals surface area contributed by atoms with Crippen LogP contribution in [0, 0.1) is 0 Å². The van der Waals surface area contributed by atoms with E-state index in [2.05, 4.69) is 0 Å². The Bertz CT molecular complexity index is 284. The summed E-state index contributed by atoms with van der Waals surface area (Å²) < 4.78 is 5.20. The number of hydrogen-bond acceptors (Lipinski definition) is 3. The molecule has 0 saturated carbocycles. The third-order valence-electron chi connectivity index (χ3n) is 2.05. The number of nitrogens with two attached hydrogens (primary N) is 1. The lowest BCUT2D eigenvalue weighted by molar-refractivity contribution is -0.0250. The summed E-state index contributed by atoms with van der Waals surface area (Å²) in [5.74, 6) is 6.00. The van der Waals surface area contributed by atoms with Crippen LogP contribution in [0.3, 0.4) is 0 Å². The van der Waals surface area contributed by atoms with E-state index in [4.69, 9.17) is 15.5 Å². The molecule has 3 heteroatoms. The summed E-state index contributed by atoms with van der Waals surface area (Å²) >= 11 is 0. The first kappa shape index (κ1) is 10.0. The van der Waals surface area contributed by atoms with E-state index in [0.717, 1.165) is 11.3 Å². The molecule has 2 N–H and O–H groups in total. The van der Waals surface area contributed by atoms with E-state index in [1.54, 1.807) is 7.11 Å². The predicted octanol–water partition coefficient (Wildman–Crippen LogP) is 1.82. The molecule has 0 bridgehead atoms. The molecule has 1 rings (SSSR count). The van der Waals surface area contributed by atoms with Crippen molar-refractivity contribution in [3.63, 3.8) is 0 Å². The Labute approximate surface area is 78.4 Å². The van der Waals surface area contributed by atoms with Crippen molar-refractivity contribution in [2.45, 2.75) is 19.4 Å². The Balaban J connectivity index is 3.12. The number of ether oxygens (including phenoxy) is 1. The van der Waals surface area contributed by atoms with E-state index >= 15 is 0 Å². The molecule has 0 aliphatic carbocycles. The normalized spacial score (nSPS) is 11.4.